The second kappa shape index (κ2) is 17.5. The van der Waals surface area contributed by atoms with Gasteiger partial charge < -0.3 is 9.47 Å². The lowest BCUT2D eigenvalue weighted by Crippen LogP contribution is -2.12. The molecular weight excluding hydrogens is 475 g/mol. The van der Waals surface area contributed by atoms with E-state index >= 15 is 0 Å². The monoisotopic (exact) mass is 520 g/mol. The summed E-state index contributed by atoms with van der Waals surface area (Å²) in [5, 5.41) is 0. The normalized spacial score (nSPS) is 11.9. The summed E-state index contributed by atoms with van der Waals surface area (Å²) in [6.45, 7) is 5.24. The topological polar surface area (TPSA) is 44.2 Å². The first-order valence-corrected chi connectivity index (χ1v) is 14.6. The molecule has 1 heterocycles. The van der Waals surface area contributed by atoms with Crippen molar-refractivity contribution in [3.8, 4) is 34.0 Å². The van der Waals surface area contributed by atoms with Crippen molar-refractivity contribution >= 4 is 0 Å². The fourth-order valence-corrected chi connectivity index (χ4v) is 4.38. The van der Waals surface area contributed by atoms with Crippen molar-refractivity contribution in [3.05, 3.63) is 60.9 Å². The minimum absolute atomic E-state index is 0.101. The SMILES string of the molecule is CCCCCCCCCCOc1ccc(-c2ncc(-c3ccc(OCC(F)CCCCC)cc3)cn2)cc1. The highest BCUT2D eigenvalue weighted by Crippen LogP contribution is 2.24. The van der Waals surface area contributed by atoms with Crippen LogP contribution in [0, 0.1) is 0 Å². The Labute approximate surface area is 229 Å². The Morgan fingerprint density at radius 1 is 0.605 bits per heavy atom. The number of unbranched alkanes of at least 4 members (excludes halogenated alkanes) is 9. The van der Waals surface area contributed by atoms with Crippen LogP contribution < -0.4 is 9.47 Å². The fraction of sp³-hybridized carbons (Fsp3) is 0.515. The average Bonchev–Trinajstić information content (AvgIpc) is 2.96. The van der Waals surface area contributed by atoms with E-state index in [1.165, 1.54) is 44.9 Å². The Morgan fingerprint density at radius 2 is 1.13 bits per heavy atom. The Balaban J connectivity index is 1.40. The Bertz CT molecular complexity index is 1010. The molecule has 0 radical (unpaired) electrons. The van der Waals surface area contributed by atoms with Gasteiger partial charge in [-0.2, -0.15) is 0 Å². The van der Waals surface area contributed by atoms with Gasteiger partial charge in [-0.15, -0.1) is 0 Å². The molecule has 3 aromatic rings. The number of nitrogens with zero attached hydrogens (tertiary/aromatic N) is 2. The lowest BCUT2D eigenvalue weighted by atomic mass is 10.1. The van der Waals surface area contributed by atoms with E-state index < -0.39 is 6.17 Å². The van der Waals surface area contributed by atoms with Crippen LogP contribution in [0.15, 0.2) is 60.9 Å². The predicted octanol–water partition coefficient (Wildman–Crippen LogP) is 9.63. The van der Waals surface area contributed by atoms with E-state index in [2.05, 4.69) is 23.8 Å². The molecule has 206 valence electrons. The third-order valence-corrected chi connectivity index (χ3v) is 6.77. The Hall–Kier alpha value is -2.95. The quantitative estimate of drug-likeness (QED) is 0.148. The molecule has 5 heteroatoms. The lowest BCUT2D eigenvalue weighted by Gasteiger charge is -2.11. The maximum atomic E-state index is 13.9. The van der Waals surface area contributed by atoms with Crippen molar-refractivity contribution in [2.75, 3.05) is 13.2 Å². The highest BCUT2D eigenvalue weighted by Gasteiger charge is 2.08. The number of halogens is 1. The molecule has 0 aliphatic heterocycles. The summed E-state index contributed by atoms with van der Waals surface area (Å²) in [6, 6.07) is 15.6. The first kappa shape index (κ1) is 29.6. The molecule has 0 spiro atoms. The van der Waals surface area contributed by atoms with Crippen LogP contribution in [0.25, 0.3) is 22.5 Å². The third kappa shape index (κ3) is 10.8. The zero-order chi connectivity index (χ0) is 26.8. The van der Waals surface area contributed by atoms with Gasteiger partial charge in [0.25, 0.3) is 0 Å². The summed E-state index contributed by atoms with van der Waals surface area (Å²) in [5.74, 6) is 2.24. The molecule has 3 rings (SSSR count). The van der Waals surface area contributed by atoms with Gasteiger partial charge in [-0.1, -0.05) is 90.2 Å². The zero-order valence-corrected chi connectivity index (χ0v) is 23.3. The van der Waals surface area contributed by atoms with Gasteiger partial charge in [0, 0.05) is 23.5 Å². The molecular formula is C33H45FN2O2. The highest BCUT2D eigenvalue weighted by atomic mass is 19.1. The van der Waals surface area contributed by atoms with E-state index in [-0.39, 0.29) is 6.61 Å². The molecule has 0 fully saturated rings. The minimum atomic E-state index is -0.919. The second-order valence-electron chi connectivity index (χ2n) is 10.1. The van der Waals surface area contributed by atoms with Gasteiger partial charge in [-0.3, -0.25) is 0 Å². The average molecular weight is 521 g/mol. The van der Waals surface area contributed by atoms with Crippen LogP contribution >= 0.6 is 0 Å². The third-order valence-electron chi connectivity index (χ3n) is 6.77. The number of hydrogen-bond donors (Lipinski definition) is 0. The van der Waals surface area contributed by atoms with Crippen LogP contribution in [0.5, 0.6) is 11.5 Å². The molecule has 1 unspecified atom stereocenters. The lowest BCUT2D eigenvalue weighted by molar-refractivity contribution is 0.184. The summed E-state index contributed by atoms with van der Waals surface area (Å²) in [4.78, 5) is 9.12. The van der Waals surface area contributed by atoms with Gasteiger partial charge >= 0.3 is 0 Å². The second-order valence-corrected chi connectivity index (χ2v) is 10.1. The van der Waals surface area contributed by atoms with Crippen molar-refractivity contribution in [2.45, 2.75) is 97.1 Å². The molecule has 0 aliphatic carbocycles. The van der Waals surface area contributed by atoms with E-state index in [1.54, 1.807) is 0 Å². The van der Waals surface area contributed by atoms with Gasteiger partial charge in [-0.25, -0.2) is 14.4 Å². The van der Waals surface area contributed by atoms with Crippen LogP contribution in [-0.2, 0) is 0 Å². The molecule has 0 saturated carbocycles. The van der Waals surface area contributed by atoms with Crippen molar-refractivity contribution in [1.82, 2.24) is 9.97 Å². The molecule has 38 heavy (non-hydrogen) atoms. The first-order chi connectivity index (χ1) is 18.7. The van der Waals surface area contributed by atoms with Gasteiger partial charge in [0.2, 0.25) is 0 Å². The zero-order valence-electron chi connectivity index (χ0n) is 23.3. The molecule has 1 aromatic heterocycles. The molecule has 0 bridgehead atoms. The molecule has 0 aliphatic rings. The molecule has 1 atom stereocenters. The summed E-state index contributed by atoms with van der Waals surface area (Å²) < 4.78 is 25.5. The standard InChI is InChI=1S/C33H45FN2O2/c1-3-5-7-8-9-10-11-13-23-37-31-21-17-28(18-22-31)33-35-24-29(25-36-33)27-15-19-32(20-16-27)38-26-30(34)14-12-6-4-2/h15-22,24-25,30H,3-14,23,26H2,1-2H3. The summed E-state index contributed by atoms with van der Waals surface area (Å²) in [5.41, 5.74) is 2.88. The van der Waals surface area contributed by atoms with Crippen LogP contribution in [0.1, 0.15) is 90.9 Å². The van der Waals surface area contributed by atoms with E-state index in [4.69, 9.17) is 9.47 Å². The highest BCUT2D eigenvalue weighted by molar-refractivity contribution is 5.64. The van der Waals surface area contributed by atoms with Crippen molar-refractivity contribution in [1.29, 1.82) is 0 Å². The van der Waals surface area contributed by atoms with Gasteiger partial charge in [0.1, 0.15) is 24.3 Å². The maximum Gasteiger partial charge on any atom is 0.159 e. The molecule has 4 nitrogen and oxygen atoms in total. The van der Waals surface area contributed by atoms with Gasteiger partial charge in [-0.05, 0) is 54.8 Å². The number of rotatable bonds is 19. The van der Waals surface area contributed by atoms with Crippen molar-refractivity contribution < 1.29 is 13.9 Å². The number of benzene rings is 2. The van der Waals surface area contributed by atoms with E-state index in [1.807, 2.05) is 60.9 Å². The first-order valence-electron chi connectivity index (χ1n) is 14.6. The fourth-order valence-electron chi connectivity index (χ4n) is 4.38. The number of aromatic nitrogens is 2. The molecule has 0 amide bonds. The van der Waals surface area contributed by atoms with E-state index in [9.17, 15) is 4.39 Å². The molecule has 0 N–H and O–H groups in total. The van der Waals surface area contributed by atoms with Crippen LogP contribution in [-0.4, -0.2) is 29.4 Å². The summed E-state index contributed by atoms with van der Waals surface area (Å²) in [6.07, 6.45) is 16.7. The van der Waals surface area contributed by atoms with Crippen LogP contribution in [0.3, 0.4) is 0 Å². The smallest absolute Gasteiger partial charge is 0.159 e. The number of ether oxygens (including phenoxy) is 2. The summed E-state index contributed by atoms with van der Waals surface area (Å²) >= 11 is 0. The van der Waals surface area contributed by atoms with Crippen LogP contribution in [0.4, 0.5) is 4.39 Å². The Kier molecular flexibility index (Phi) is 13.7. The maximum absolute atomic E-state index is 13.9. The minimum Gasteiger partial charge on any atom is -0.494 e. The molecule has 2 aromatic carbocycles. The number of hydrogen-bond acceptors (Lipinski definition) is 4. The molecule has 0 saturated heterocycles. The van der Waals surface area contributed by atoms with Crippen LogP contribution in [0.2, 0.25) is 0 Å². The largest absolute Gasteiger partial charge is 0.494 e. The van der Waals surface area contributed by atoms with Crippen molar-refractivity contribution in [2.24, 2.45) is 0 Å². The Morgan fingerprint density at radius 3 is 1.76 bits per heavy atom. The van der Waals surface area contributed by atoms with Crippen molar-refractivity contribution in [3.63, 3.8) is 0 Å². The van der Waals surface area contributed by atoms with E-state index in [0.29, 0.717) is 18.0 Å². The van der Waals surface area contributed by atoms with Gasteiger partial charge in [0.05, 0.1) is 6.61 Å². The summed E-state index contributed by atoms with van der Waals surface area (Å²) in [7, 11) is 0. The predicted molar refractivity (Wildman–Crippen MR) is 156 cm³/mol. The van der Waals surface area contributed by atoms with Gasteiger partial charge in [0.15, 0.2) is 5.82 Å². The number of alkyl halides is 1. The van der Waals surface area contributed by atoms with E-state index in [0.717, 1.165) is 54.7 Å².